The lowest BCUT2D eigenvalue weighted by atomic mass is 9.46. The number of fused-ring (bicyclic) bond motifs is 5. The first-order chi connectivity index (χ1) is 11.3. The van der Waals surface area contributed by atoms with Crippen molar-refractivity contribution in [3.63, 3.8) is 0 Å². The van der Waals surface area contributed by atoms with Gasteiger partial charge in [-0.1, -0.05) is 12.5 Å². The van der Waals surface area contributed by atoms with Crippen LogP contribution in [-0.4, -0.2) is 17.3 Å². The molecule has 0 aromatic carbocycles. The van der Waals surface area contributed by atoms with Gasteiger partial charge >= 0.3 is 0 Å². The van der Waals surface area contributed by atoms with E-state index >= 15 is 0 Å². The Morgan fingerprint density at radius 1 is 1.08 bits per heavy atom. The number of rotatable bonds is 1. The zero-order valence-corrected chi connectivity index (χ0v) is 15.1. The fourth-order valence-corrected chi connectivity index (χ4v) is 7.09. The maximum Gasteiger partial charge on any atom is 0.163 e. The van der Waals surface area contributed by atoms with E-state index in [4.69, 9.17) is 0 Å². The molecule has 0 aromatic rings. The lowest BCUT2D eigenvalue weighted by Gasteiger charge is -2.57. The van der Waals surface area contributed by atoms with Gasteiger partial charge in [0.15, 0.2) is 11.6 Å². The fourth-order valence-electron chi connectivity index (χ4n) is 7.09. The summed E-state index contributed by atoms with van der Waals surface area (Å²) in [7, 11) is 0. The van der Waals surface area contributed by atoms with E-state index in [1.165, 1.54) is 0 Å². The summed E-state index contributed by atoms with van der Waals surface area (Å²) in [5.74, 6) is 2.15. The van der Waals surface area contributed by atoms with Crippen molar-refractivity contribution in [1.82, 2.24) is 0 Å². The Morgan fingerprint density at radius 3 is 2.54 bits per heavy atom. The minimum atomic E-state index is -0.424. The molecule has 3 nitrogen and oxygen atoms in total. The van der Waals surface area contributed by atoms with Crippen LogP contribution in [0.4, 0.5) is 0 Å². The molecule has 130 valence electrons. The summed E-state index contributed by atoms with van der Waals surface area (Å²) in [6.07, 6.45) is 8.04. The van der Waals surface area contributed by atoms with Crippen molar-refractivity contribution in [3.8, 4) is 0 Å². The number of allylic oxidation sites excluding steroid dienone is 1. The van der Waals surface area contributed by atoms with Crippen LogP contribution in [0.5, 0.6) is 0 Å². The van der Waals surface area contributed by atoms with Crippen molar-refractivity contribution in [2.45, 2.75) is 65.7 Å². The molecule has 3 heteroatoms. The summed E-state index contributed by atoms with van der Waals surface area (Å²) >= 11 is 0. The average molecular weight is 328 g/mol. The van der Waals surface area contributed by atoms with E-state index in [0.29, 0.717) is 23.5 Å². The first-order valence-corrected chi connectivity index (χ1v) is 9.56. The molecule has 0 saturated heterocycles. The molecule has 0 amide bonds. The van der Waals surface area contributed by atoms with Gasteiger partial charge in [-0.25, -0.2) is 0 Å². The van der Waals surface area contributed by atoms with Crippen molar-refractivity contribution >= 4 is 17.3 Å². The maximum absolute atomic E-state index is 12.8. The summed E-state index contributed by atoms with van der Waals surface area (Å²) in [6, 6.07) is 0. The van der Waals surface area contributed by atoms with Gasteiger partial charge in [-0.15, -0.1) is 0 Å². The second-order valence-electron chi connectivity index (χ2n) is 9.14. The predicted octanol–water partition coefficient (Wildman–Crippen LogP) is 3.90. The molecule has 0 unspecified atom stereocenters. The van der Waals surface area contributed by atoms with E-state index in [9.17, 15) is 14.4 Å². The number of hydrogen-bond donors (Lipinski definition) is 0. The molecule has 3 saturated carbocycles. The van der Waals surface area contributed by atoms with Crippen molar-refractivity contribution < 1.29 is 14.4 Å². The lowest BCUT2D eigenvalue weighted by molar-refractivity contribution is -0.142. The monoisotopic (exact) mass is 328 g/mol. The fraction of sp³-hybridized carbons (Fsp3) is 0.762. The second kappa shape index (κ2) is 5.12. The number of ketones is 3. The molecule has 6 atom stereocenters. The van der Waals surface area contributed by atoms with Gasteiger partial charge in [-0.05, 0) is 81.6 Å². The van der Waals surface area contributed by atoms with Gasteiger partial charge in [0.05, 0.1) is 11.8 Å². The second-order valence-corrected chi connectivity index (χ2v) is 9.14. The molecular formula is C21H28O3. The Morgan fingerprint density at radius 2 is 1.83 bits per heavy atom. The third-order valence-corrected chi connectivity index (χ3v) is 8.33. The predicted molar refractivity (Wildman–Crippen MR) is 91.3 cm³/mol. The summed E-state index contributed by atoms with van der Waals surface area (Å²) in [6.45, 7) is 6.18. The standard InChI is InChI=1S/C21H28O3/c1-12(22)16-6-7-17-15-5-4-13-10-14(23)11-19(24)21(13,3)18(15)8-9-20(16,17)2/h10,15-18H,4-9,11H2,1-3H3/t15-,16-,17-,18-,20-,21-/m1/s1. The van der Waals surface area contributed by atoms with Crippen LogP contribution in [-0.2, 0) is 14.4 Å². The van der Waals surface area contributed by atoms with Crippen LogP contribution in [0, 0.1) is 34.5 Å². The number of Topliss-reactive ketones (excluding diaryl/α,β-unsaturated/α-hetero) is 2. The van der Waals surface area contributed by atoms with Gasteiger partial charge in [0.1, 0.15) is 5.78 Å². The van der Waals surface area contributed by atoms with Crippen LogP contribution < -0.4 is 0 Å². The molecule has 0 N–H and O–H groups in total. The maximum atomic E-state index is 12.8. The summed E-state index contributed by atoms with van der Waals surface area (Å²) in [5, 5.41) is 0. The Kier molecular flexibility index (Phi) is 3.47. The molecule has 0 aliphatic heterocycles. The summed E-state index contributed by atoms with van der Waals surface area (Å²) in [4.78, 5) is 36.8. The highest BCUT2D eigenvalue weighted by Gasteiger charge is 2.61. The van der Waals surface area contributed by atoms with Gasteiger partial charge in [-0.2, -0.15) is 0 Å². The minimum Gasteiger partial charge on any atom is -0.300 e. The molecule has 0 bridgehead atoms. The third-order valence-electron chi connectivity index (χ3n) is 8.33. The number of carbonyl (C=O) groups excluding carboxylic acids is 3. The highest BCUT2D eigenvalue weighted by molar-refractivity contribution is 6.11. The van der Waals surface area contributed by atoms with E-state index in [2.05, 4.69) is 13.8 Å². The number of carbonyl (C=O) groups is 3. The molecule has 4 rings (SSSR count). The highest BCUT2D eigenvalue weighted by atomic mass is 16.2. The molecule has 4 aliphatic rings. The van der Waals surface area contributed by atoms with E-state index in [-0.39, 0.29) is 29.3 Å². The van der Waals surface area contributed by atoms with Crippen LogP contribution >= 0.6 is 0 Å². The molecule has 0 heterocycles. The normalized spacial score (nSPS) is 47.5. The van der Waals surface area contributed by atoms with Crippen molar-refractivity contribution in [1.29, 1.82) is 0 Å². The SMILES string of the molecule is CC(=O)[C@H]1CC[C@@H]2[C@H]3CCC4=CC(=O)CC(=O)[C@@]4(C)[C@@H]3CC[C@]12C. The molecule has 24 heavy (non-hydrogen) atoms. The van der Waals surface area contributed by atoms with E-state index in [1.807, 2.05) is 0 Å². The molecule has 0 aromatic heterocycles. The highest BCUT2D eigenvalue weighted by Crippen LogP contribution is 2.66. The Bertz CT molecular complexity index is 660. The van der Waals surface area contributed by atoms with Crippen LogP contribution in [0.25, 0.3) is 0 Å². The first-order valence-electron chi connectivity index (χ1n) is 9.56. The topological polar surface area (TPSA) is 51.2 Å². The van der Waals surface area contributed by atoms with Crippen LogP contribution in [0.1, 0.15) is 65.7 Å². The lowest BCUT2D eigenvalue weighted by Crippen LogP contribution is -2.54. The van der Waals surface area contributed by atoms with Gasteiger partial charge in [0, 0.05) is 5.92 Å². The van der Waals surface area contributed by atoms with Gasteiger partial charge in [0.25, 0.3) is 0 Å². The van der Waals surface area contributed by atoms with Gasteiger partial charge < -0.3 is 0 Å². The van der Waals surface area contributed by atoms with Crippen molar-refractivity contribution in [2.24, 2.45) is 34.5 Å². The minimum absolute atomic E-state index is 0.0101. The smallest absolute Gasteiger partial charge is 0.163 e. The Hall–Kier alpha value is -1.25. The number of hydrogen-bond acceptors (Lipinski definition) is 3. The van der Waals surface area contributed by atoms with E-state index in [0.717, 1.165) is 44.1 Å². The first kappa shape index (κ1) is 16.2. The molecule has 0 spiro atoms. The van der Waals surface area contributed by atoms with Crippen LogP contribution in [0.2, 0.25) is 0 Å². The molecule has 4 aliphatic carbocycles. The summed E-state index contributed by atoms with van der Waals surface area (Å²) in [5.41, 5.74) is 0.791. The van der Waals surface area contributed by atoms with Gasteiger partial charge in [-0.3, -0.25) is 14.4 Å². The zero-order valence-electron chi connectivity index (χ0n) is 15.1. The van der Waals surface area contributed by atoms with E-state index in [1.54, 1.807) is 13.0 Å². The zero-order chi connectivity index (χ0) is 17.3. The van der Waals surface area contributed by atoms with Crippen molar-refractivity contribution in [3.05, 3.63) is 11.6 Å². The van der Waals surface area contributed by atoms with Crippen molar-refractivity contribution in [2.75, 3.05) is 0 Å². The van der Waals surface area contributed by atoms with Crippen LogP contribution in [0.3, 0.4) is 0 Å². The third kappa shape index (κ3) is 1.93. The Labute approximate surface area is 144 Å². The van der Waals surface area contributed by atoms with Gasteiger partial charge in [0.2, 0.25) is 0 Å². The average Bonchev–Trinajstić information content (AvgIpc) is 2.86. The molecule has 0 radical (unpaired) electrons. The van der Waals surface area contributed by atoms with Crippen LogP contribution in [0.15, 0.2) is 11.6 Å². The molecule has 3 fully saturated rings. The quantitative estimate of drug-likeness (QED) is 0.686. The largest absolute Gasteiger partial charge is 0.300 e. The summed E-state index contributed by atoms with van der Waals surface area (Å²) < 4.78 is 0. The van der Waals surface area contributed by atoms with E-state index < -0.39 is 5.41 Å². The molecular weight excluding hydrogens is 300 g/mol. The Balaban J connectivity index is 1.71.